The van der Waals surface area contributed by atoms with Gasteiger partial charge in [-0.15, -0.1) is 0 Å². The quantitative estimate of drug-likeness (QED) is 0.441. The van der Waals surface area contributed by atoms with E-state index in [2.05, 4.69) is 45.0 Å². The minimum Gasteiger partial charge on any atom is -0.497 e. The summed E-state index contributed by atoms with van der Waals surface area (Å²) in [6.45, 7) is 4.07. The average Bonchev–Trinajstić information content (AvgIpc) is 3.48. The number of hydrogen-bond acceptors (Lipinski definition) is 6. The summed E-state index contributed by atoms with van der Waals surface area (Å²) < 4.78 is 5.25. The summed E-state index contributed by atoms with van der Waals surface area (Å²) in [4.78, 5) is 25.9. The lowest BCUT2D eigenvalue weighted by Gasteiger charge is -2.33. The number of likely N-dealkylation sites (N-methyl/N-ethyl adjacent to an activating group) is 1. The predicted octanol–water partition coefficient (Wildman–Crippen LogP) is 3.93. The summed E-state index contributed by atoms with van der Waals surface area (Å²) >= 11 is 0. The van der Waals surface area contributed by atoms with Crippen molar-refractivity contribution in [2.45, 2.75) is 0 Å². The number of aromatic nitrogens is 5. The van der Waals surface area contributed by atoms with Gasteiger partial charge in [-0.1, -0.05) is 0 Å². The highest BCUT2D eigenvalue weighted by Crippen LogP contribution is 2.27. The summed E-state index contributed by atoms with van der Waals surface area (Å²) in [5.41, 5.74) is 5.56. The number of pyridine rings is 1. The van der Waals surface area contributed by atoms with Gasteiger partial charge in [-0.25, -0.2) is 15.0 Å². The Morgan fingerprint density at radius 3 is 2.27 bits per heavy atom. The van der Waals surface area contributed by atoms with Crippen LogP contribution in [0.15, 0.2) is 54.6 Å². The number of methoxy groups -OCH3 is 1. The number of hydrogen-bond donors (Lipinski definition) is 2. The standard InChI is InChI=1S/C25H25N7O/c1-31-11-13-32(14-12-31)22-10-9-20-25(29-22)30-24(27-20)17-5-8-19-21(15-17)28-23(26-19)16-3-6-18(33-2)7-4-16/h3-10,15H,11-14H2,1-2H3,(H,26,28)(H,27,29,30). The number of rotatable bonds is 4. The minimum absolute atomic E-state index is 0.741. The molecule has 8 nitrogen and oxygen atoms in total. The van der Waals surface area contributed by atoms with Crippen LogP contribution in [-0.4, -0.2) is 70.2 Å². The molecule has 1 fully saturated rings. The molecule has 1 aliphatic rings. The molecule has 33 heavy (non-hydrogen) atoms. The largest absolute Gasteiger partial charge is 0.497 e. The van der Waals surface area contributed by atoms with Crippen molar-refractivity contribution >= 4 is 28.0 Å². The van der Waals surface area contributed by atoms with Crippen LogP contribution in [-0.2, 0) is 0 Å². The Kier molecular flexibility index (Phi) is 4.73. The van der Waals surface area contributed by atoms with Crippen molar-refractivity contribution < 1.29 is 4.74 Å². The Bertz CT molecular complexity index is 1430. The lowest BCUT2D eigenvalue weighted by molar-refractivity contribution is 0.312. The van der Waals surface area contributed by atoms with Crippen LogP contribution < -0.4 is 9.64 Å². The first-order valence-electron chi connectivity index (χ1n) is 11.1. The maximum absolute atomic E-state index is 5.25. The molecule has 3 aromatic heterocycles. The van der Waals surface area contributed by atoms with Crippen molar-refractivity contribution in [2.24, 2.45) is 0 Å². The van der Waals surface area contributed by atoms with Gasteiger partial charge in [-0.05, 0) is 61.6 Å². The highest BCUT2D eigenvalue weighted by atomic mass is 16.5. The molecule has 1 saturated heterocycles. The van der Waals surface area contributed by atoms with Crippen molar-refractivity contribution in [3.8, 4) is 28.5 Å². The average molecular weight is 440 g/mol. The van der Waals surface area contributed by atoms with E-state index in [1.165, 1.54) is 0 Å². The second-order valence-corrected chi connectivity index (χ2v) is 8.46. The van der Waals surface area contributed by atoms with Gasteiger partial charge >= 0.3 is 0 Å². The first-order chi connectivity index (χ1) is 16.2. The molecule has 1 aliphatic heterocycles. The number of piperazine rings is 1. The first kappa shape index (κ1) is 19.8. The molecule has 0 atom stereocenters. The molecule has 0 saturated carbocycles. The van der Waals surface area contributed by atoms with E-state index >= 15 is 0 Å². The van der Waals surface area contributed by atoms with E-state index in [9.17, 15) is 0 Å². The zero-order valence-corrected chi connectivity index (χ0v) is 18.7. The molecule has 5 aromatic rings. The Labute approximate surface area is 191 Å². The Morgan fingerprint density at radius 1 is 0.758 bits per heavy atom. The van der Waals surface area contributed by atoms with Crippen molar-refractivity contribution in [2.75, 3.05) is 45.2 Å². The number of anilines is 1. The topological polar surface area (TPSA) is 86.0 Å². The molecule has 166 valence electrons. The van der Waals surface area contributed by atoms with E-state index in [0.717, 1.165) is 82.7 Å². The van der Waals surface area contributed by atoms with Crippen LogP contribution in [0.5, 0.6) is 5.75 Å². The summed E-state index contributed by atoms with van der Waals surface area (Å²) in [5.74, 6) is 3.44. The van der Waals surface area contributed by atoms with Crippen LogP contribution in [0.4, 0.5) is 5.82 Å². The Morgan fingerprint density at radius 2 is 1.48 bits per heavy atom. The molecular formula is C25H25N7O. The van der Waals surface area contributed by atoms with Crippen molar-refractivity contribution in [3.05, 3.63) is 54.6 Å². The van der Waals surface area contributed by atoms with Crippen molar-refractivity contribution in [1.29, 1.82) is 0 Å². The van der Waals surface area contributed by atoms with Crippen LogP contribution in [0, 0.1) is 0 Å². The number of H-pyrrole nitrogens is 2. The third-order valence-electron chi connectivity index (χ3n) is 6.28. The number of nitrogens with one attached hydrogen (secondary N) is 2. The van der Waals surface area contributed by atoms with Crippen LogP contribution in [0.1, 0.15) is 0 Å². The third-order valence-corrected chi connectivity index (χ3v) is 6.28. The highest BCUT2D eigenvalue weighted by molar-refractivity contribution is 5.85. The van der Waals surface area contributed by atoms with Gasteiger partial charge in [-0.3, -0.25) is 0 Å². The Hall–Kier alpha value is -3.91. The van der Waals surface area contributed by atoms with Gasteiger partial charge in [0.25, 0.3) is 0 Å². The lowest BCUT2D eigenvalue weighted by atomic mass is 10.2. The van der Waals surface area contributed by atoms with Crippen molar-refractivity contribution in [1.82, 2.24) is 29.8 Å². The second-order valence-electron chi connectivity index (χ2n) is 8.46. The highest BCUT2D eigenvalue weighted by Gasteiger charge is 2.17. The molecular weight excluding hydrogens is 414 g/mol. The Balaban J connectivity index is 1.31. The van der Waals surface area contributed by atoms with E-state index in [1.54, 1.807) is 7.11 Å². The molecule has 0 spiro atoms. The maximum Gasteiger partial charge on any atom is 0.180 e. The number of imidazole rings is 2. The molecule has 6 rings (SSSR count). The maximum atomic E-state index is 5.25. The molecule has 0 amide bonds. The fourth-order valence-electron chi connectivity index (χ4n) is 4.27. The van der Waals surface area contributed by atoms with Gasteiger partial charge in [0.2, 0.25) is 0 Å². The second kappa shape index (κ2) is 7.90. The van der Waals surface area contributed by atoms with Gasteiger partial charge in [0.15, 0.2) is 5.65 Å². The molecule has 4 heterocycles. The van der Waals surface area contributed by atoms with Crippen LogP contribution in [0.25, 0.3) is 45.0 Å². The molecule has 2 N–H and O–H groups in total. The van der Waals surface area contributed by atoms with E-state index in [0.29, 0.717) is 0 Å². The van der Waals surface area contributed by atoms with Gasteiger partial charge in [0.1, 0.15) is 23.2 Å². The fourth-order valence-corrected chi connectivity index (χ4v) is 4.27. The third kappa shape index (κ3) is 3.68. The number of ether oxygens (including phenoxy) is 1. The minimum atomic E-state index is 0.741. The van der Waals surface area contributed by atoms with Gasteiger partial charge in [0.05, 0.1) is 23.7 Å². The van der Waals surface area contributed by atoms with Gasteiger partial charge in [0, 0.05) is 37.3 Å². The molecule has 8 heteroatoms. The SMILES string of the molecule is COc1ccc(-c2nc3ccc(-c4nc5nc(N6CCN(C)CC6)ccc5[nH]4)cc3[nH]2)cc1. The smallest absolute Gasteiger partial charge is 0.180 e. The summed E-state index contributed by atoms with van der Waals surface area (Å²) in [7, 11) is 3.82. The number of nitrogens with zero attached hydrogens (tertiary/aromatic N) is 5. The molecule has 0 unspecified atom stereocenters. The fraction of sp³-hybridized carbons (Fsp3) is 0.240. The van der Waals surface area contributed by atoms with E-state index in [-0.39, 0.29) is 0 Å². The summed E-state index contributed by atoms with van der Waals surface area (Å²) in [5, 5.41) is 0. The molecule has 0 bridgehead atoms. The number of aromatic amines is 2. The van der Waals surface area contributed by atoms with Crippen molar-refractivity contribution in [3.63, 3.8) is 0 Å². The monoisotopic (exact) mass is 439 g/mol. The van der Waals surface area contributed by atoms with E-state index in [1.807, 2.05) is 36.4 Å². The molecule has 2 aromatic carbocycles. The van der Waals surface area contributed by atoms with E-state index < -0.39 is 0 Å². The number of fused-ring (bicyclic) bond motifs is 2. The van der Waals surface area contributed by atoms with Gasteiger partial charge < -0.3 is 24.5 Å². The van der Waals surface area contributed by atoms with E-state index in [4.69, 9.17) is 19.7 Å². The van der Waals surface area contributed by atoms with Crippen LogP contribution in [0.2, 0.25) is 0 Å². The summed E-state index contributed by atoms with van der Waals surface area (Å²) in [6, 6.07) is 18.2. The molecule has 0 radical (unpaired) electrons. The molecule has 0 aliphatic carbocycles. The first-order valence-corrected chi connectivity index (χ1v) is 11.1. The number of benzene rings is 2. The predicted molar refractivity (Wildman–Crippen MR) is 131 cm³/mol. The van der Waals surface area contributed by atoms with Crippen LogP contribution >= 0.6 is 0 Å². The zero-order valence-electron chi connectivity index (χ0n) is 18.7. The zero-order chi connectivity index (χ0) is 22.4. The summed E-state index contributed by atoms with van der Waals surface area (Å²) in [6.07, 6.45) is 0. The van der Waals surface area contributed by atoms with Gasteiger partial charge in [-0.2, -0.15) is 0 Å². The lowest BCUT2D eigenvalue weighted by Crippen LogP contribution is -2.44. The van der Waals surface area contributed by atoms with Crippen LogP contribution in [0.3, 0.4) is 0 Å². The normalized spacial score (nSPS) is 14.9.